The fourth-order valence-corrected chi connectivity index (χ4v) is 7.60. The molecule has 1 saturated carbocycles. The van der Waals surface area contributed by atoms with E-state index in [0.717, 1.165) is 54.4 Å². The molecule has 0 bridgehead atoms. The molecule has 41 heavy (non-hydrogen) atoms. The molecular weight excluding hydrogens is 521 g/mol. The highest BCUT2D eigenvalue weighted by atomic mass is 16.5. The molecular formula is C32H38BNO7. The lowest BCUT2D eigenvalue weighted by Crippen LogP contribution is -2.47. The van der Waals surface area contributed by atoms with Crippen molar-refractivity contribution in [3.8, 4) is 0 Å². The quantitative estimate of drug-likeness (QED) is 0.252. The minimum Gasteiger partial charge on any atom is -0.459 e. The molecule has 0 unspecified atom stereocenters. The minimum atomic E-state index is -1.06. The number of rotatable bonds is 8. The number of benzene rings is 1. The Labute approximate surface area is 240 Å². The van der Waals surface area contributed by atoms with Gasteiger partial charge in [-0.25, -0.2) is 0 Å². The SMILES string of the molecule is O=C1[C@@H]2[C@@H](CC(CO)=C3[C@@H](CC/C(=C/c4ccc(CO)o4)c4ccccc4)OB(O)C[C@@H]32)C(=O)N1C1CCCCC1. The van der Waals surface area contributed by atoms with Gasteiger partial charge in [0.25, 0.3) is 0 Å². The van der Waals surface area contributed by atoms with Gasteiger partial charge in [-0.05, 0) is 84.8 Å². The first-order valence-electron chi connectivity index (χ1n) is 15.0. The Hall–Kier alpha value is -2.98. The molecule has 2 saturated heterocycles. The normalized spacial score (nSPS) is 27.4. The molecule has 3 fully saturated rings. The van der Waals surface area contributed by atoms with Crippen molar-refractivity contribution >= 4 is 30.6 Å². The van der Waals surface area contributed by atoms with Gasteiger partial charge in [0.15, 0.2) is 0 Å². The highest BCUT2D eigenvalue weighted by Crippen LogP contribution is 2.51. The summed E-state index contributed by atoms with van der Waals surface area (Å²) in [6.45, 7) is -0.378. The standard InChI is InChI=1S/C32H38BNO7/c35-18-22-16-26-30(32(38)34(31(26)37)23-9-5-2-6-10-23)27-17-33(39)41-28(29(22)27)14-11-21(20-7-3-1-4-8-20)15-24-12-13-25(19-36)40-24/h1,3-4,7-8,12-13,15,23,26-28,30,35-36,39H,2,5-6,9-11,14,16-19H2/b21-15-/t26-,27+,28-,30-/m1/s1. The molecule has 9 heteroatoms. The first-order valence-corrected chi connectivity index (χ1v) is 15.0. The summed E-state index contributed by atoms with van der Waals surface area (Å²) < 4.78 is 11.8. The predicted molar refractivity (Wildman–Crippen MR) is 154 cm³/mol. The number of furan rings is 1. The van der Waals surface area contributed by atoms with Crippen LogP contribution in [0.15, 0.2) is 58.0 Å². The van der Waals surface area contributed by atoms with Gasteiger partial charge in [0.05, 0.1) is 24.5 Å². The highest BCUT2D eigenvalue weighted by molar-refractivity contribution is 6.43. The first kappa shape index (κ1) is 28.2. The molecule has 1 aromatic heterocycles. The summed E-state index contributed by atoms with van der Waals surface area (Å²) >= 11 is 0. The topological polar surface area (TPSA) is 120 Å². The minimum absolute atomic E-state index is 0.0394. The van der Waals surface area contributed by atoms with Crippen LogP contribution in [0.25, 0.3) is 11.6 Å². The second-order valence-corrected chi connectivity index (χ2v) is 11.8. The van der Waals surface area contributed by atoms with Gasteiger partial charge in [-0.2, -0.15) is 0 Å². The van der Waals surface area contributed by atoms with E-state index in [-0.39, 0.29) is 43.3 Å². The largest absolute Gasteiger partial charge is 0.459 e. The molecule has 2 amide bonds. The summed E-state index contributed by atoms with van der Waals surface area (Å²) in [7, 11) is -1.06. The van der Waals surface area contributed by atoms with E-state index < -0.39 is 25.1 Å². The molecule has 3 heterocycles. The smallest absolute Gasteiger partial charge is 0.455 e. The Morgan fingerprint density at radius 2 is 1.76 bits per heavy atom. The fraction of sp³-hybridized carbons (Fsp3) is 0.500. The van der Waals surface area contributed by atoms with Crippen LogP contribution in [0.4, 0.5) is 0 Å². The van der Waals surface area contributed by atoms with E-state index in [1.54, 1.807) is 11.0 Å². The zero-order valence-electron chi connectivity index (χ0n) is 23.3. The van der Waals surface area contributed by atoms with Crippen molar-refractivity contribution in [3.05, 3.63) is 70.7 Å². The van der Waals surface area contributed by atoms with Crippen LogP contribution in [-0.4, -0.2) is 57.8 Å². The van der Waals surface area contributed by atoms with E-state index in [4.69, 9.17) is 9.07 Å². The molecule has 8 nitrogen and oxygen atoms in total. The van der Waals surface area contributed by atoms with Crippen LogP contribution in [0.5, 0.6) is 0 Å². The molecule has 3 N–H and O–H groups in total. The Bertz CT molecular complexity index is 1330. The number of allylic oxidation sites excluding steroid dienone is 1. The predicted octanol–water partition coefficient (Wildman–Crippen LogP) is 4.21. The molecule has 216 valence electrons. The van der Waals surface area contributed by atoms with Gasteiger partial charge in [0, 0.05) is 6.04 Å². The average molecular weight is 559 g/mol. The summed E-state index contributed by atoms with van der Waals surface area (Å²) in [5.41, 5.74) is 3.67. The summed E-state index contributed by atoms with van der Waals surface area (Å²) in [5, 5.41) is 30.7. The third-order valence-electron chi connectivity index (χ3n) is 9.45. The third-order valence-corrected chi connectivity index (χ3v) is 9.45. The van der Waals surface area contributed by atoms with Gasteiger partial charge in [-0.3, -0.25) is 14.5 Å². The summed E-state index contributed by atoms with van der Waals surface area (Å²) in [5.74, 6) is -0.436. The van der Waals surface area contributed by atoms with Crippen LogP contribution in [0.3, 0.4) is 0 Å². The van der Waals surface area contributed by atoms with Crippen LogP contribution in [0.1, 0.15) is 68.5 Å². The van der Waals surface area contributed by atoms with Gasteiger partial charge in [-0.1, -0.05) is 49.6 Å². The maximum Gasteiger partial charge on any atom is 0.455 e. The van der Waals surface area contributed by atoms with Crippen molar-refractivity contribution in [2.24, 2.45) is 17.8 Å². The van der Waals surface area contributed by atoms with Crippen molar-refractivity contribution in [1.29, 1.82) is 0 Å². The number of amides is 2. The molecule has 2 aromatic rings. The van der Waals surface area contributed by atoms with Crippen LogP contribution in [0.2, 0.25) is 6.32 Å². The average Bonchev–Trinajstić information content (AvgIpc) is 3.56. The molecule has 6 rings (SSSR count). The van der Waals surface area contributed by atoms with E-state index in [9.17, 15) is 24.8 Å². The lowest BCUT2D eigenvalue weighted by Gasteiger charge is -2.43. The van der Waals surface area contributed by atoms with E-state index in [2.05, 4.69) is 0 Å². The van der Waals surface area contributed by atoms with Gasteiger partial charge in [-0.15, -0.1) is 0 Å². The Morgan fingerprint density at radius 1 is 0.976 bits per heavy atom. The van der Waals surface area contributed by atoms with Crippen molar-refractivity contribution in [2.45, 2.75) is 76.4 Å². The monoisotopic (exact) mass is 559 g/mol. The Morgan fingerprint density at radius 3 is 2.46 bits per heavy atom. The van der Waals surface area contributed by atoms with Gasteiger partial charge >= 0.3 is 7.12 Å². The number of aliphatic hydroxyl groups is 2. The van der Waals surface area contributed by atoms with Crippen molar-refractivity contribution in [3.63, 3.8) is 0 Å². The van der Waals surface area contributed by atoms with Gasteiger partial charge in [0.2, 0.25) is 11.8 Å². The maximum atomic E-state index is 13.9. The number of nitrogens with zero attached hydrogens (tertiary/aromatic N) is 1. The zero-order valence-corrected chi connectivity index (χ0v) is 23.3. The van der Waals surface area contributed by atoms with E-state index in [1.807, 2.05) is 42.5 Å². The number of carbonyl (C=O) groups excluding carboxylic acids is 2. The third kappa shape index (κ3) is 5.48. The van der Waals surface area contributed by atoms with Gasteiger partial charge < -0.3 is 24.3 Å². The molecule has 1 aromatic carbocycles. The summed E-state index contributed by atoms with van der Waals surface area (Å²) in [4.78, 5) is 29.0. The van der Waals surface area contributed by atoms with Crippen LogP contribution < -0.4 is 0 Å². The lowest BCUT2D eigenvalue weighted by atomic mass is 9.58. The second kappa shape index (κ2) is 12.1. The zero-order chi connectivity index (χ0) is 28.5. The van der Waals surface area contributed by atoms with E-state index >= 15 is 0 Å². The number of hydrogen-bond donors (Lipinski definition) is 3. The molecule has 2 aliphatic heterocycles. The number of carbonyl (C=O) groups is 2. The van der Waals surface area contributed by atoms with Crippen molar-refractivity contribution in [2.75, 3.05) is 6.61 Å². The molecule has 0 radical (unpaired) electrons. The van der Waals surface area contributed by atoms with Crippen molar-refractivity contribution in [1.82, 2.24) is 4.90 Å². The fourth-order valence-electron chi connectivity index (χ4n) is 7.60. The number of imide groups is 1. The van der Waals surface area contributed by atoms with Crippen LogP contribution in [-0.2, 0) is 20.9 Å². The van der Waals surface area contributed by atoms with Crippen LogP contribution in [0, 0.1) is 17.8 Å². The molecule has 4 aliphatic rings. The Balaban J connectivity index is 1.28. The lowest BCUT2D eigenvalue weighted by molar-refractivity contribution is -0.143. The van der Waals surface area contributed by atoms with Crippen LogP contribution >= 0.6 is 0 Å². The van der Waals surface area contributed by atoms with E-state index in [1.165, 1.54) is 0 Å². The maximum absolute atomic E-state index is 13.9. The Kier molecular flexibility index (Phi) is 8.31. The summed E-state index contributed by atoms with van der Waals surface area (Å²) in [6, 6.07) is 13.5. The number of fused-ring (bicyclic) bond motifs is 3. The van der Waals surface area contributed by atoms with Gasteiger partial charge in [0.1, 0.15) is 18.1 Å². The van der Waals surface area contributed by atoms with E-state index in [0.29, 0.717) is 30.8 Å². The number of hydrogen-bond acceptors (Lipinski definition) is 7. The molecule has 2 aliphatic carbocycles. The highest BCUT2D eigenvalue weighted by Gasteiger charge is 2.58. The first-order chi connectivity index (χ1) is 20.0. The summed E-state index contributed by atoms with van der Waals surface area (Å²) in [6.07, 6.45) is 8.05. The number of likely N-dealkylation sites (tertiary alicyclic amines) is 1. The second-order valence-electron chi connectivity index (χ2n) is 11.8. The number of aliphatic hydroxyl groups excluding tert-OH is 2. The molecule has 4 atom stereocenters. The van der Waals surface area contributed by atoms with Crippen molar-refractivity contribution < 1.29 is 33.9 Å². The molecule has 0 spiro atoms.